The molecule has 0 heterocycles. The van der Waals surface area contributed by atoms with Crippen molar-refractivity contribution in [3.63, 3.8) is 0 Å². The Labute approximate surface area is 110 Å². The molecule has 0 aromatic heterocycles. The van der Waals surface area contributed by atoms with Gasteiger partial charge in [0.1, 0.15) is 5.92 Å². The van der Waals surface area contributed by atoms with Crippen molar-refractivity contribution in [2.45, 2.75) is 19.3 Å². The first-order valence-corrected chi connectivity index (χ1v) is 5.82. The summed E-state index contributed by atoms with van der Waals surface area (Å²) in [4.78, 5) is 32.2. The van der Waals surface area contributed by atoms with E-state index < -0.39 is 36.9 Å². The first-order valence-electron chi connectivity index (χ1n) is 5.82. The molecule has 0 fully saturated rings. The van der Waals surface area contributed by atoms with Gasteiger partial charge in [-0.15, -0.1) is 0 Å². The van der Waals surface area contributed by atoms with Crippen molar-refractivity contribution in [2.75, 3.05) is 19.6 Å². The van der Waals surface area contributed by atoms with Crippen LogP contribution in [0.3, 0.4) is 0 Å². The van der Waals surface area contributed by atoms with E-state index in [1.165, 1.54) is 0 Å². The molecule has 1 atom stereocenters. The van der Waals surface area contributed by atoms with Gasteiger partial charge in [0, 0.05) is 0 Å². The van der Waals surface area contributed by atoms with E-state index in [1.54, 1.807) is 0 Å². The van der Waals surface area contributed by atoms with Gasteiger partial charge in [-0.25, -0.2) is 14.2 Å². The lowest BCUT2D eigenvalue weighted by Gasteiger charge is -2.06. The molecule has 19 heavy (non-hydrogen) atoms. The van der Waals surface area contributed by atoms with Crippen molar-refractivity contribution in [1.82, 2.24) is 0 Å². The molecule has 0 aliphatic rings. The number of carboxylic acids is 3. The summed E-state index contributed by atoms with van der Waals surface area (Å²) >= 11 is 0. The van der Waals surface area contributed by atoms with Crippen molar-refractivity contribution in [2.24, 2.45) is 11.7 Å². The fourth-order valence-corrected chi connectivity index (χ4v) is 1.53. The van der Waals surface area contributed by atoms with E-state index >= 15 is 0 Å². The van der Waals surface area contributed by atoms with Gasteiger partial charge in [0.2, 0.25) is 13.1 Å². The molecule has 8 heteroatoms. The lowest BCUT2D eigenvalue weighted by molar-refractivity contribution is -0.506. The lowest BCUT2D eigenvalue weighted by Crippen LogP contribution is -2.31. The molecule has 0 spiro atoms. The molecule has 0 aromatic rings. The minimum absolute atomic E-state index is 0.294. The van der Waals surface area contributed by atoms with E-state index in [0.717, 1.165) is 10.8 Å². The summed E-state index contributed by atoms with van der Waals surface area (Å²) in [6.45, 7) is -0.653. The summed E-state index contributed by atoms with van der Waals surface area (Å²) < 4.78 is 0.978. The zero-order chi connectivity index (χ0) is 14.8. The maximum Gasteiger partial charge on any atom is 0.369 e. The SMILES string of the molecule is NCCCCC(C=[N+](CC(=O)O)CC(=O)O)C(=O)O. The maximum absolute atomic E-state index is 11.0. The molecular weight excluding hydrogens is 256 g/mol. The Morgan fingerprint density at radius 2 is 1.58 bits per heavy atom. The minimum atomic E-state index is -1.22. The lowest BCUT2D eigenvalue weighted by atomic mass is 10.0. The number of nitrogens with two attached hydrogens (primary N) is 1. The zero-order valence-corrected chi connectivity index (χ0v) is 10.5. The largest absolute Gasteiger partial charge is 0.481 e. The van der Waals surface area contributed by atoms with Gasteiger partial charge >= 0.3 is 17.9 Å². The van der Waals surface area contributed by atoms with Crippen molar-refractivity contribution < 1.29 is 34.3 Å². The van der Waals surface area contributed by atoms with Crippen LogP contribution in [0.4, 0.5) is 0 Å². The van der Waals surface area contributed by atoms with Crippen LogP contribution in [0.15, 0.2) is 0 Å². The second kappa shape index (κ2) is 9.03. The van der Waals surface area contributed by atoms with Crippen LogP contribution >= 0.6 is 0 Å². The number of rotatable bonds is 10. The third-order valence-corrected chi connectivity index (χ3v) is 2.35. The average molecular weight is 275 g/mol. The Balaban J connectivity index is 4.82. The third-order valence-electron chi connectivity index (χ3n) is 2.35. The van der Waals surface area contributed by atoms with Crippen LogP contribution in [0.5, 0.6) is 0 Å². The predicted octanol–water partition coefficient (Wildman–Crippen LogP) is -0.931. The highest BCUT2D eigenvalue weighted by molar-refractivity contribution is 5.87. The average Bonchev–Trinajstić information content (AvgIpc) is 2.25. The first kappa shape index (κ1) is 17.0. The molecule has 0 aliphatic heterocycles. The fourth-order valence-electron chi connectivity index (χ4n) is 1.53. The van der Waals surface area contributed by atoms with E-state index in [1.807, 2.05) is 0 Å². The number of hydrogen-bond acceptors (Lipinski definition) is 4. The molecule has 108 valence electrons. The van der Waals surface area contributed by atoms with Gasteiger partial charge in [-0.1, -0.05) is 6.42 Å². The first-order chi connectivity index (χ1) is 8.86. The molecule has 0 amide bonds. The van der Waals surface area contributed by atoms with Crippen LogP contribution in [-0.2, 0) is 14.4 Å². The third kappa shape index (κ3) is 8.72. The molecule has 0 saturated carbocycles. The van der Waals surface area contributed by atoms with Crippen LogP contribution < -0.4 is 5.73 Å². The van der Waals surface area contributed by atoms with E-state index in [2.05, 4.69) is 0 Å². The Bertz CT molecular complexity index is 348. The molecule has 0 bridgehead atoms. The number of unbranched alkanes of at least 4 members (excludes halogenated alkanes) is 1. The zero-order valence-electron chi connectivity index (χ0n) is 10.5. The van der Waals surface area contributed by atoms with Gasteiger partial charge < -0.3 is 21.1 Å². The summed E-state index contributed by atoms with van der Waals surface area (Å²) in [6.07, 6.45) is 2.69. The standard InChI is InChI=1S/C11H18N2O6/c12-4-2-1-3-8(11(18)19)5-13(6-9(14)15)7-10(16)17/h5,8H,1-4,6-7,12H2,(H2-,14,15,16,17,18,19)/p+1. The van der Waals surface area contributed by atoms with Crippen LogP contribution in [0.2, 0.25) is 0 Å². The fraction of sp³-hybridized carbons (Fsp3) is 0.636. The molecule has 0 saturated heterocycles. The van der Waals surface area contributed by atoms with Crippen molar-refractivity contribution in [3.05, 3.63) is 0 Å². The minimum Gasteiger partial charge on any atom is -0.481 e. The number of carbonyl (C=O) groups is 3. The molecule has 5 N–H and O–H groups in total. The van der Waals surface area contributed by atoms with Gasteiger partial charge in [0.15, 0.2) is 6.21 Å². The van der Waals surface area contributed by atoms with E-state index in [9.17, 15) is 14.4 Å². The van der Waals surface area contributed by atoms with Crippen molar-refractivity contribution in [3.8, 4) is 0 Å². The van der Waals surface area contributed by atoms with Gasteiger partial charge in [-0.3, -0.25) is 4.79 Å². The van der Waals surface area contributed by atoms with Crippen LogP contribution in [0, 0.1) is 5.92 Å². The van der Waals surface area contributed by atoms with Gasteiger partial charge in [0.05, 0.1) is 0 Å². The predicted molar refractivity (Wildman–Crippen MR) is 65.4 cm³/mol. The summed E-state index contributed by atoms with van der Waals surface area (Å²) in [5.74, 6) is -4.46. The molecular formula is C11H19N2O6+. The highest BCUT2D eigenvalue weighted by Gasteiger charge is 2.22. The number of hydrogen-bond donors (Lipinski definition) is 4. The van der Waals surface area contributed by atoms with Crippen molar-refractivity contribution in [1.29, 1.82) is 0 Å². The van der Waals surface area contributed by atoms with Crippen molar-refractivity contribution >= 4 is 24.1 Å². The maximum atomic E-state index is 11.0. The molecule has 0 aromatic carbocycles. The molecule has 1 unspecified atom stereocenters. The van der Waals surface area contributed by atoms with Crippen LogP contribution in [-0.4, -0.2) is 63.7 Å². The number of nitrogens with zero attached hydrogens (tertiary/aromatic N) is 1. The Hall–Kier alpha value is -1.96. The van der Waals surface area contributed by atoms with Gasteiger partial charge in [-0.2, -0.15) is 0 Å². The summed E-state index contributed by atoms with van der Waals surface area (Å²) in [5.41, 5.74) is 5.30. The quantitative estimate of drug-likeness (QED) is 0.229. The summed E-state index contributed by atoms with van der Waals surface area (Å²) in [6, 6.07) is 0. The monoisotopic (exact) mass is 275 g/mol. The molecule has 0 aliphatic carbocycles. The normalized spacial score (nSPS) is 11.6. The van der Waals surface area contributed by atoms with Crippen LogP contribution in [0.25, 0.3) is 0 Å². The van der Waals surface area contributed by atoms with E-state index in [0.29, 0.717) is 25.8 Å². The summed E-state index contributed by atoms with van der Waals surface area (Å²) in [5, 5.41) is 26.3. The van der Waals surface area contributed by atoms with Crippen LogP contribution in [0.1, 0.15) is 19.3 Å². The van der Waals surface area contributed by atoms with E-state index in [4.69, 9.17) is 21.1 Å². The molecule has 0 radical (unpaired) electrons. The van der Waals surface area contributed by atoms with Gasteiger partial charge in [0.25, 0.3) is 0 Å². The number of aliphatic carboxylic acids is 3. The Kier molecular flexibility index (Phi) is 8.10. The summed E-state index contributed by atoms with van der Waals surface area (Å²) in [7, 11) is 0. The smallest absolute Gasteiger partial charge is 0.369 e. The topological polar surface area (TPSA) is 141 Å². The molecule has 8 nitrogen and oxygen atoms in total. The second-order valence-electron chi connectivity index (χ2n) is 4.07. The number of carboxylic acid groups (broad SMARTS) is 3. The van der Waals surface area contributed by atoms with Gasteiger partial charge in [-0.05, 0) is 19.4 Å². The highest BCUT2D eigenvalue weighted by Crippen LogP contribution is 2.06. The Morgan fingerprint density at radius 3 is 1.95 bits per heavy atom. The highest BCUT2D eigenvalue weighted by atomic mass is 16.4. The van der Waals surface area contributed by atoms with E-state index in [-0.39, 0.29) is 0 Å². The second-order valence-corrected chi connectivity index (χ2v) is 4.07. The molecule has 0 rings (SSSR count). The Morgan fingerprint density at radius 1 is 1.05 bits per heavy atom.